The smallest absolute Gasteiger partial charge is 0.277 e. The molecule has 0 unspecified atom stereocenters. The summed E-state index contributed by atoms with van der Waals surface area (Å²) in [4.78, 5) is 24.8. The summed E-state index contributed by atoms with van der Waals surface area (Å²) in [5.41, 5.74) is 0.854. The predicted molar refractivity (Wildman–Crippen MR) is 99.4 cm³/mol. The number of aryl methyl sites for hydroxylation is 2. The number of carbonyl (C=O) groups excluding carboxylic acids is 1. The van der Waals surface area contributed by atoms with Crippen molar-refractivity contribution in [3.8, 4) is 17.4 Å². The quantitative estimate of drug-likeness (QED) is 0.568. The monoisotopic (exact) mass is 376 g/mol. The third-order valence-electron chi connectivity index (χ3n) is 3.74. The fourth-order valence-corrected chi connectivity index (χ4v) is 2.48. The molecule has 28 heavy (non-hydrogen) atoms. The fourth-order valence-electron chi connectivity index (χ4n) is 2.48. The lowest BCUT2D eigenvalue weighted by molar-refractivity contribution is 0.102. The Kier molecular flexibility index (Phi) is 4.50. The number of ether oxygens (including phenoxy) is 1. The third-order valence-corrected chi connectivity index (χ3v) is 3.74. The van der Waals surface area contributed by atoms with Crippen LogP contribution in [0.4, 0.5) is 5.69 Å². The van der Waals surface area contributed by atoms with E-state index in [4.69, 9.17) is 4.74 Å². The molecule has 140 valence electrons. The molecule has 0 atom stereocenters. The Morgan fingerprint density at radius 3 is 2.68 bits per heavy atom. The van der Waals surface area contributed by atoms with Crippen molar-refractivity contribution in [2.24, 2.45) is 7.05 Å². The van der Waals surface area contributed by atoms with Crippen molar-refractivity contribution >= 4 is 11.6 Å². The van der Waals surface area contributed by atoms with Crippen LogP contribution in [0, 0.1) is 6.92 Å². The largest absolute Gasteiger partial charge is 0.439 e. The second-order valence-corrected chi connectivity index (χ2v) is 5.94. The maximum absolute atomic E-state index is 12.1. The number of aromatic nitrogens is 7. The van der Waals surface area contributed by atoms with E-state index in [2.05, 4.69) is 30.6 Å². The van der Waals surface area contributed by atoms with Crippen LogP contribution in [0.5, 0.6) is 11.6 Å². The number of amides is 1. The minimum absolute atomic E-state index is 0.242. The molecule has 10 nitrogen and oxygen atoms in total. The molecule has 0 aliphatic rings. The van der Waals surface area contributed by atoms with Crippen molar-refractivity contribution in [2.45, 2.75) is 6.92 Å². The van der Waals surface area contributed by atoms with E-state index in [1.54, 1.807) is 73.8 Å². The summed E-state index contributed by atoms with van der Waals surface area (Å²) >= 11 is 0. The van der Waals surface area contributed by atoms with Crippen LogP contribution in [-0.4, -0.2) is 40.4 Å². The zero-order chi connectivity index (χ0) is 19.5. The molecule has 1 N–H and O–H groups in total. The molecule has 4 rings (SSSR count). The van der Waals surface area contributed by atoms with Crippen LogP contribution >= 0.6 is 0 Å². The van der Waals surface area contributed by atoms with E-state index >= 15 is 0 Å². The molecule has 3 heterocycles. The van der Waals surface area contributed by atoms with E-state index in [-0.39, 0.29) is 11.6 Å². The SMILES string of the molecule is Cc1nc(Oc2ccc(NC(=O)c3cn(C)nn3)cc2)cc(-n2ccnc2)n1. The molecule has 0 aliphatic carbocycles. The molecule has 0 fully saturated rings. The number of nitrogens with zero attached hydrogens (tertiary/aromatic N) is 7. The van der Waals surface area contributed by atoms with Crippen molar-refractivity contribution in [1.29, 1.82) is 0 Å². The Labute approximate surface area is 159 Å². The number of rotatable bonds is 5. The maximum Gasteiger partial charge on any atom is 0.277 e. The highest BCUT2D eigenvalue weighted by Gasteiger charge is 2.10. The summed E-state index contributed by atoms with van der Waals surface area (Å²) in [6, 6.07) is 8.66. The third kappa shape index (κ3) is 3.85. The lowest BCUT2D eigenvalue weighted by Gasteiger charge is -2.09. The van der Waals surface area contributed by atoms with Crippen molar-refractivity contribution in [3.63, 3.8) is 0 Å². The van der Waals surface area contributed by atoms with Gasteiger partial charge in [-0.15, -0.1) is 5.10 Å². The van der Waals surface area contributed by atoms with Crippen LogP contribution in [0.1, 0.15) is 16.3 Å². The zero-order valence-electron chi connectivity index (χ0n) is 15.1. The van der Waals surface area contributed by atoms with Gasteiger partial charge in [-0.2, -0.15) is 4.98 Å². The lowest BCUT2D eigenvalue weighted by Crippen LogP contribution is -2.12. The summed E-state index contributed by atoms with van der Waals surface area (Å²) < 4.78 is 9.06. The summed E-state index contributed by atoms with van der Waals surface area (Å²) in [6.45, 7) is 1.79. The first-order valence-electron chi connectivity index (χ1n) is 8.36. The summed E-state index contributed by atoms with van der Waals surface area (Å²) in [5, 5.41) is 10.3. The summed E-state index contributed by atoms with van der Waals surface area (Å²) in [7, 11) is 1.70. The van der Waals surface area contributed by atoms with Gasteiger partial charge in [0.15, 0.2) is 5.69 Å². The first kappa shape index (κ1) is 17.3. The van der Waals surface area contributed by atoms with Crippen LogP contribution in [0.25, 0.3) is 5.82 Å². The number of hydrogen-bond acceptors (Lipinski definition) is 7. The Bertz CT molecular complexity index is 1100. The van der Waals surface area contributed by atoms with Gasteiger partial charge in [-0.3, -0.25) is 14.0 Å². The van der Waals surface area contributed by atoms with Gasteiger partial charge in [0.05, 0.1) is 6.20 Å². The number of anilines is 1. The van der Waals surface area contributed by atoms with Crippen molar-refractivity contribution in [2.75, 3.05) is 5.32 Å². The Morgan fingerprint density at radius 1 is 1.18 bits per heavy atom. The van der Waals surface area contributed by atoms with Gasteiger partial charge in [-0.25, -0.2) is 9.97 Å². The highest BCUT2D eigenvalue weighted by atomic mass is 16.5. The topological polar surface area (TPSA) is 113 Å². The molecule has 1 aromatic carbocycles. The van der Waals surface area contributed by atoms with E-state index in [0.29, 0.717) is 29.0 Å². The van der Waals surface area contributed by atoms with E-state index in [0.717, 1.165) is 0 Å². The zero-order valence-corrected chi connectivity index (χ0v) is 15.1. The average Bonchev–Trinajstić information content (AvgIpc) is 3.35. The van der Waals surface area contributed by atoms with Gasteiger partial charge >= 0.3 is 0 Å². The van der Waals surface area contributed by atoms with Gasteiger partial charge in [0.1, 0.15) is 23.7 Å². The molecule has 4 aromatic rings. The number of imidazole rings is 1. The average molecular weight is 376 g/mol. The van der Waals surface area contributed by atoms with E-state index in [1.165, 1.54) is 4.68 Å². The minimum Gasteiger partial charge on any atom is -0.439 e. The Balaban J connectivity index is 1.47. The molecular formula is C18H16N8O2. The van der Waals surface area contributed by atoms with E-state index in [9.17, 15) is 4.79 Å². The first-order chi connectivity index (χ1) is 13.6. The van der Waals surface area contributed by atoms with Crippen LogP contribution in [0.2, 0.25) is 0 Å². The molecule has 0 spiro atoms. The van der Waals surface area contributed by atoms with Crippen molar-refractivity contribution in [1.82, 2.24) is 34.5 Å². The number of nitrogens with one attached hydrogen (secondary N) is 1. The first-order valence-corrected chi connectivity index (χ1v) is 8.36. The molecule has 0 saturated carbocycles. The van der Waals surface area contributed by atoms with Crippen LogP contribution in [0.3, 0.4) is 0 Å². The second kappa shape index (κ2) is 7.27. The lowest BCUT2D eigenvalue weighted by atomic mass is 10.3. The minimum atomic E-state index is -0.335. The second-order valence-electron chi connectivity index (χ2n) is 5.94. The maximum atomic E-state index is 12.1. The van der Waals surface area contributed by atoms with Crippen molar-refractivity contribution < 1.29 is 9.53 Å². The molecule has 10 heteroatoms. The van der Waals surface area contributed by atoms with Crippen molar-refractivity contribution in [3.05, 3.63) is 66.8 Å². The Morgan fingerprint density at radius 2 is 2.00 bits per heavy atom. The van der Waals surface area contributed by atoms with E-state index < -0.39 is 0 Å². The fraction of sp³-hybridized carbons (Fsp3) is 0.111. The van der Waals surface area contributed by atoms with Gasteiger partial charge in [-0.05, 0) is 31.2 Å². The Hall–Kier alpha value is -4.08. The highest BCUT2D eigenvalue weighted by Crippen LogP contribution is 2.23. The summed E-state index contributed by atoms with van der Waals surface area (Å²) in [6.07, 6.45) is 6.66. The molecule has 0 bridgehead atoms. The number of hydrogen-bond donors (Lipinski definition) is 1. The highest BCUT2D eigenvalue weighted by molar-refractivity contribution is 6.02. The van der Waals surface area contributed by atoms with E-state index in [1.807, 2.05) is 0 Å². The standard InChI is InChI=1S/C18H16N8O2/c1-12-20-16(26-8-7-19-11-26)9-17(21-12)28-14-5-3-13(4-6-14)22-18(27)15-10-25(2)24-23-15/h3-11H,1-2H3,(H,22,27). The normalized spacial score (nSPS) is 10.6. The number of carbonyl (C=O) groups is 1. The van der Waals surface area contributed by atoms with Gasteiger partial charge in [0.25, 0.3) is 5.91 Å². The molecular weight excluding hydrogens is 360 g/mol. The van der Waals surface area contributed by atoms with Gasteiger partial charge in [0.2, 0.25) is 5.88 Å². The molecule has 0 aliphatic heterocycles. The number of benzene rings is 1. The van der Waals surface area contributed by atoms with Gasteiger partial charge in [-0.1, -0.05) is 5.21 Å². The van der Waals surface area contributed by atoms with Crippen LogP contribution in [-0.2, 0) is 7.05 Å². The van der Waals surface area contributed by atoms with Gasteiger partial charge < -0.3 is 10.1 Å². The molecule has 0 saturated heterocycles. The van der Waals surface area contributed by atoms with Crippen LogP contribution < -0.4 is 10.1 Å². The molecule has 1 amide bonds. The van der Waals surface area contributed by atoms with Gasteiger partial charge in [0, 0.05) is 31.2 Å². The summed E-state index contributed by atoms with van der Waals surface area (Å²) in [5.74, 6) is 1.89. The predicted octanol–water partition coefficient (Wildman–Crippen LogP) is 2.14. The molecule has 3 aromatic heterocycles. The van der Waals surface area contributed by atoms with Crippen LogP contribution in [0.15, 0.2) is 55.2 Å². The molecule has 0 radical (unpaired) electrons.